The van der Waals surface area contributed by atoms with Crippen molar-refractivity contribution in [3.8, 4) is 11.5 Å². The first kappa shape index (κ1) is 17.1. The highest BCUT2D eigenvalue weighted by atomic mass is 19.1. The number of anilines is 1. The average Bonchev–Trinajstić information content (AvgIpc) is 2.58. The normalized spacial score (nSPS) is 10.4. The van der Waals surface area contributed by atoms with Crippen LogP contribution in [-0.4, -0.2) is 27.3 Å². The molecule has 0 radical (unpaired) electrons. The fourth-order valence-electron chi connectivity index (χ4n) is 2.45. The molecule has 0 spiro atoms. The topological polar surface area (TPSA) is 47.7 Å². The first-order valence-corrected chi connectivity index (χ1v) is 7.59. The van der Waals surface area contributed by atoms with Crippen molar-refractivity contribution in [2.45, 2.75) is 13.0 Å². The Labute approximate surface area is 136 Å². The van der Waals surface area contributed by atoms with Crippen LogP contribution in [0.15, 0.2) is 42.5 Å². The second-order valence-electron chi connectivity index (χ2n) is 5.23. The van der Waals surface area contributed by atoms with E-state index in [1.54, 1.807) is 20.3 Å². The third-order valence-electron chi connectivity index (χ3n) is 3.63. The van der Waals surface area contributed by atoms with Crippen LogP contribution < -0.4 is 20.1 Å². The highest BCUT2D eigenvalue weighted by Crippen LogP contribution is 2.29. The third kappa shape index (κ3) is 4.60. The van der Waals surface area contributed by atoms with Crippen molar-refractivity contribution >= 4 is 5.69 Å². The van der Waals surface area contributed by atoms with Crippen molar-refractivity contribution in [3.63, 3.8) is 0 Å². The maximum absolute atomic E-state index is 13.5. The molecule has 2 N–H and O–H groups in total. The number of benzene rings is 2. The Morgan fingerprint density at radius 2 is 1.83 bits per heavy atom. The minimum absolute atomic E-state index is 0.243. The van der Waals surface area contributed by atoms with Crippen molar-refractivity contribution in [1.82, 2.24) is 0 Å². The van der Waals surface area contributed by atoms with Crippen molar-refractivity contribution < 1.29 is 13.9 Å². The highest BCUT2D eigenvalue weighted by molar-refractivity contribution is 5.49. The molecule has 0 aliphatic heterocycles. The summed E-state index contributed by atoms with van der Waals surface area (Å²) >= 11 is 0. The van der Waals surface area contributed by atoms with Gasteiger partial charge in [0.25, 0.3) is 0 Å². The molecule has 23 heavy (non-hydrogen) atoms. The molecule has 2 rings (SSSR count). The molecule has 124 valence electrons. The molecular weight excluding hydrogens is 295 g/mol. The molecule has 0 heterocycles. The Hall–Kier alpha value is -2.27. The van der Waals surface area contributed by atoms with Crippen LogP contribution in [-0.2, 0) is 6.54 Å². The lowest BCUT2D eigenvalue weighted by molar-refractivity contribution is 0.354. The standard InChI is InChI=1S/C18H23FN2O2/c1-22-17-8-7-14(11-18(17)23-2)13-21(10-4-9-20)16-6-3-5-15(19)12-16/h3,5-8,11-12H,4,9-10,13,20H2,1-2H3. The van der Waals surface area contributed by atoms with Gasteiger partial charge in [-0.05, 0) is 48.9 Å². The summed E-state index contributed by atoms with van der Waals surface area (Å²) in [7, 11) is 3.22. The molecule has 0 fully saturated rings. The Kier molecular flexibility index (Phi) is 6.23. The smallest absolute Gasteiger partial charge is 0.161 e. The maximum atomic E-state index is 13.5. The summed E-state index contributed by atoms with van der Waals surface area (Å²) < 4.78 is 24.1. The third-order valence-corrected chi connectivity index (χ3v) is 3.63. The molecule has 0 amide bonds. The maximum Gasteiger partial charge on any atom is 0.161 e. The number of halogens is 1. The summed E-state index contributed by atoms with van der Waals surface area (Å²) in [5.41, 5.74) is 7.52. The Morgan fingerprint density at radius 3 is 2.48 bits per heavy atom. The zero-order valence-electron chi connectivity index (χ0n) is 13.6. The van der Waals surface area contributed by atoms with E-state index >= 15 is 0 Å². The van der Waals surface area contributed by atoms with Gasteiger partial charge in [0.15, 0.2) is 11.5 Å². The molecule has 0 unspecified atom stereocenters. The molecule has 2 aromatic carbocycles. The van der Waals surface area contributed by atoms with E-state index in [0.29, 0.717) is 24.6 Å². The van der Waals surface area contributed by atoms with Gasteiger partial charge in [-0.3, -0.25) is 0 Å². The fourth-order valence-corrected chi connectivity index (χ4v) is 2.45. The summed E-state index contributed by atoms with van der Waals surface area (Å²) in [5, 5.41) is 0. The Balaban J connectivity index is 2.23. The first-order chi connectivity index (χ1) is 11.2. The van der Waals surface area contributed by atoms with Gasteiger partial charge in [-0.25, -0.2) is 4.39 Å². The van der Waals surface area contributed by atoms with Gasteiger partial charge < -0.3 is 20.1 Å². The van der Waals surface area contributed by atoms with Gasteiger partial charge >= 0.3 is 0 Å². The van der Waals surface area contributed by atoms with Crippen LogP contribution in [0.25, 0.3) is 0 Å². The molecule has 0 atom stereocenters. The zero-order chi connectivity index (χ0) is 16.7. The summed E-state index contributed by atoms with van der Waals surface area (Å²) in [6, 6.07) is 12.4. The lowest BCUT2D eigenvalue weighted by Crippen LogP contribution is -2.25. The van der Waals surface area contributed by atoms with Gasteiger partial charge in [0.1, 0.15) is 5.82 Å². The molecule has 0 aliphatic rings. The number of rotatable bonds is 8. The molecule has 5 heteroatoms. The van der Waals surface area contributed by atoms with E-state index in [1.165, 1.54) is 12.1 Å². The molecule has 0 aromatic heterocycles. The van der Waals surface area contributed by atoms with E-state index in [-0.39, 0.29) is 5.82 Å². The van der Waals surface area contributed by atoms with Crippen LogP contribution in [0.2, 0.25) is 0 Å². The largest absolute Gasteiger partial charge is 0.493 e. The van der Waals surface area contributed by atoms with E-state index in [4.69, 9.17) is 15.2 Å². The molecule has 0 saturated heterocycles. The number of hydrogen-bond donors (Lipinski definition) is 1. The van der Waals surface area contributed by atoms with Crippen LogP contribution in [0.3, 0.4) is 0 Å². The summed E-state index contributed by atoms with van der Waals surface area (Å²) in [5.74, 6) is 1.13. The monoisotopic (exact) mass is 318 g/mol. The van der Waals surface area contributed by atoms with Gasteiger partial charge in [-0.1, -0.05) is 12.1 Å². The lowest BCUT2D eigenvalue weighted by Gasteiger charge is -2.25. The van der Waals surface area contributed by atoms with Crippen molar-refractivity contribution in [2.24, 2.45) is 5.73 Å². The summed E-state index contributed by atoms with van der Waals surface area (Å²) in [6.45, 7) is 2.00. The number of methoxy groups -OCH3 is 2. The van der Waals surface area contributed by atoms with Crippen LogP contribution in [0.5, 0.6) is 11.5 Å². The number of ether oxygens (including phenoxy) is 2. The van der Waals surface area contributed by atoms with Crippen LogP contribution in [0.4, 0.5) is 10.1 Å². The van der Waals surface area contributed by atoms with Gasteiger partial charge in [0.05, 0.1) is 14.2 Å². The fraction of sp³-hybridized carbons (Fsp3) is 0.333. The molecule has 4 nitrogen and oxygen atoms in total. The van der Waals surface area contributed by atoms with E-state index in [1.807, 2.05) is 24.3 Å². The van der Waals surface area contributed by atoms with Gasteiger partial charge in [-0.15, -0.1) is 0 Å². The number of nitrogens with zero attached hydrogens (tertiary/aromatic N) is 1. The SMILES string of the molecule is COc1ccc(CN(CCCN)c2cccc(F)c2)cc1OC. The van der Waals surface area contributed by atoms with Gasteiger partial charge in [0, 0.05) is 18.8 Å². The van der Waals surface area contributed by atoms with E-state index in [0.717, 1.165) is 24.2 Å². The van der Waals surface area contributed by atoms with Gasteiger partial charge in [0.2, 0.25) is 0 Å². The van der Waals surface area contributed by atoms with Crippen molar-refractivity contribution in [2.75, 3.05) is 32.2 Å². The second-order valence-corrected chi connectivity index (χ2v) is 5.23. The molecule has 0 aliphatic carbocycles. The van der Waals surface area contributed by atoms with Gasteiger partial charge in [-0.2, -0.15) is 0 Å². The minimum atomic E-state index is -0.243. The predicted octanol–water partition coefficient (Wildman–Crippen LogP) is 3.20. The van der Waals surface area contributed by atoms with E-state index in [9.17, 15) is 4.39 Å². The lowest BCUT2D eigenvalue weighted by atomic mass is 10.1. The number of hydrogen-bond acceptors (Lipinski definition) is 4. The van der Waals surface area contributed by atoms with Crippen LogP contribution in [0.1, 0.15) is 12.0 Å². The molecule has 0 saturated carbocycles. The van der Waals surface area contributed by atoms with E-state index < -0.39 is 0 Å². The summed E-state index contributed by atoms with van der Waals surface area (Å²) in [4.78, 5) is 2.11. The Morgan fingerprint density at radius 1 is 1.04 bits per heavy atom. The minimum Gasteiger partial charge on any atom is -0.493 e. The molecular formula is C18H23FN2O2. The highest BCUT2D eigenvalue weighted by Gasteiger charge is 2.11. The predicted molar refractivity (Wildman–Crippen MR) is 90.7 cm³/mol. The van der Waals surface area contributed by atoms with Crippen molar-refractivity contribution in [3.05, 3.63) is 53.8 Å². The quantitative estimate of drug-likeness (QED) is 0.812. The van der Waals surface area contributed by atoms with Crippen molar-refractivity contribution in [1.29, 1.82) is 0 Å². The number of nitrogens with two attached hydrogens (primary N) is 1. The summed E-state index contributed by atoms with van der Waals surface area (Å²) in [6.07, 6.45) is 0.837. The van der Waals surface area contributed by atoms with Crippen LogP contribution >= 0.6 is 0 Å². The first-order valence-electron chi connectivity index (χ1n) is 7.59. The van der Waals surface area contributed by atoms with Crippen LogP contribution in [0, 0.1) is 5.82 Å². The molecule has 0 bridgehead atoms. The average molecular weight is 318 g/mol. The molecule has 2 aromatic rings. The zero-order valence-corrected chi connectivity index (χ0v) is 13.6. The second kappa shape index (κ2) is 8.39. The Bertz CT molecular complexity index is 634. The van der Waals surface area contributed by atoms with E-state index in [2.05, 4.69) is 4.90 Å².